The van der Waals surface area contributed by atoms with Crippen molar-refractivity contribution in [3.05, 3.63) is 41.5 Å². The van der Waals surface area contributed by atoms with E-state index in [9.17, 15) is 0 Å². The molecular weight excluding hydrogens is 183 g/mol. The maximum atomic E-state index is 2.34. The normalized spacial score (nSPS) is 18.1. The molecule has 13 heavy (non-hydrogen) atoms. The van der Waals surface area contributed by atoms with Gasteiger partial charge in [0.2, 0.25) is 0 Å². The summed E-state index contributed by atoms with van der Waals surface area (Å²) in [6, 6.07) is 10.00. The largest absolute Gasteiger partial charge is 1.00 e. The van der Waals surface area contributed by atoms with E-state index in [-0.39, 0.29) is 29.6 Å². The van der Waals surface area contributed by atoms with Gasteiger partial charge in [0.1, 0.15) is 0 Å². The van der Waals surface area contributed by atoms with Crippen molar-refractivity contribution in [1.82, 2.24) is 0 Å². The van der Waals surface area contributed by atoms with Crippen LogP contribution in [0, 0.1) is 0 Å². The molecule has 60 valence electrons. The molecular formula is C11H12NaSi+. The Balaban J connectivity index is 0.000000845. The van der Waals surface area contributed by atoms with Crippen molar-refractivity contribution < 1.29 is 29.6 Å². The molecule has 2 heteroatoms. The van der Waals surface area contributed by atoms with Crippen molar-refractivity contribution in [3.8, 4) is 0 Å². The minimum atomic E-state index is 0. The van der Waals surface area contributed by atoms with E-state index in [0.717, 1.165) is 9.52 Å². The number of benzene rings is 1. The number of hydrogen-bond donors (Lipinski definition) is 0. The van der Waals surface area contributed by atoms with E-state index in [1.165, 1.54) is 17.2 Å². The second kappa shape index (κ2) is 5.16. The van der Waals surface area contributed by atoms with Crippen molar-refractivity contribution in [2.45, 2.75) is 18.5 Å². The Morgan fingerprint density at radius 1 is 1.31 bits per heavy atom. The molecule has 0 aliphatic heterocycles. The number of allylic oxidation sites excluding steroid dienone is 1. The van der Waals surface area contributed by atoms with Gasteiger partial charge in [0.15, 0.2) is 0 Å². The van der Waals surface area contributed by atoms with Crippen LogP contribution in [0.15, 0.2) is 30.3 Å². The molecule has 1 aromatic carbocycles. The average Bonchev–Trinajstić information content (AvgIpc) is 2.50. The van der Waals surface area contributed by atoms with Crippen molar-refractivity contribution in [2.75, 3.05) is 0 Å². The molecule has 0 aromatic heterocycles. The molecule has 0 fully saturated rings. The molecule has 1 atom stereocenters. The van der Waals surface area contributed by atoms with Gasteiger partial charge in [0.25, 0.3) is 0 Å². The van der Waals surface area contributed by atoms with Crippen LogP contribution in [0.4, 0.5) is 0 Å². The molecule has 0 amide bonds. The number of rotatable bonds is 2. The maximum absolute atomic E-state index is 2.34. The van der Waals surface area contributed by atoms with E-state index >= 15 is 0 Å². The van der Waals surface area contributed by atoms with E-state index < -0.39 is 0 Å². The first-order valence-corrected chi connectivity index (χ1v) is 5.71. The molecule has 1 aliphatic rings. The van der Waals surface area contributed by atoms with Crippen LogP contribution in [0.25, 0.3) is 6.08 Å². The van der Waals surface area contributed by atoms with Crippen LogP contribution < -0.4 is 29.6 Å². The van der Waals surface area contributed by atoms with E-state index in [0.29, 0.717) is 5.54 Å². The van der Waals surface area contributed by atoms with Crippen molar-refractivity contribution in [2.24, 2.45) is 0 Å². The average molecular weight is 195 g/mol. The predicted octanol–water partition coefficient (Wildman–Crippen LogP) is -0.0991. The Kier molecular flexibility index (Phi) is 4.46. The van der Waals surface area contributed by atoms with E-state index in [4.69, 9.17) is 0 Å². The molecule has 1 aliphatic carbocycles. The molecule has 0 bridgehead atoms. The summed E-state index contributed by atoms with van der Waals surface area (Å²) >= 11 is 0. The van der Waals surface area contributed by atoms with Crippen LogP contribution in [0.1, 0.15) is 23.6 Å². The van der Waals surface area contributed by atoms with Crippen LogP contribution in [-0.4, -0.2) is 9.52 Å². The third-order valence-corrected chi connectivity index (χ3v) is 3.57. The molecule has 1 aromatic rings. The molecule has 2 radical (unpaired) electrons. The summed E-state index contributed by atoms with van der Waals surface area (Å²) in [5.74, 6) is 0. The SMILES string of the molecule is CC[Si]C1C=Cc2ccccc21.[Na+]. The summed E-state index contributed by atoms with van der Waals surface area (Å²) in [7, 11) is 1.05. The van der Waals surface area contributed by atoms with Gasteiger partial charge < -0.3 is 0 Å². The zero-order valence-electron chi connectivity index (χ0n) is 8.25. The van der Waals surface area contributed by atoms with Crippen LogP contribution in [0.2, 0.25) is 6.04 Å². The molecule has 0 saturated carbocycles. The van der Waals surface area contributed by atoms with Crippen molar-refractivity contribution in [3.63, 3.8) is 0 Å². The summed E-state index contributed by atoms with van der Waals surface area (Å²) in [6.45, 7) is 2.26. The predicted molar refractivity (Wildman–Crippen MR) is 54.5 cm³/mol. The third kappa shape index (κ3) is 2.35. The minimum Gasteiger partial charge on any atom is -0.0797 e. The van der Waals surface area contributed by atoms with Gasteiger partial charge in [-0.15, -0.1) is 0 Å². The smallest absolute Gasteiger partial charge is 0.0797 e. The topological polar surface area (TPSA) is 0 Å². The first kappa shape index (κ1) is 11.3. The molecule has 0 saturated heterocycles. The zero-order valence-corrected chi connectivity index (χ0v) is 11.2. The van der Waals surface area contributed by atoms with E-state index in [1.54, 1.807) is 0 Å². The number of hydrogen-bond acceptors (Lipinski definition) is 0. The van der Waals surface area contributed by atoms with E-state index in [1.807, 2.05) is 0 Å². The van der Waals surface area contributed by atoms with Gasteiger partial charge in [-0.1, -0.05) is 49.4 Å². The molecule has 0 nitrogen and oxygen atoms in total. The van der Waals surface area contributed by atoms with E-state index in [2.05, 4.69) is 43.3 Å². The Bertz CT molecular complexity index is 307. The molecule has 1 unspecified atom stereocenters. The molecule has 0 N–H and O–H groups in total. The van der Waals surface area contributed by atoms with Gasteiger partial charge in [0.05, 0.1) is 9.52 Å². The van der Waals surface area contributed by atoms with Gasteiger partial charge in [0, 0.05) is 0 Å². The molecule has 0 heterocycles. The second-order valence-electron chi connectivity index (χ2n) is 3.02. The second-order valence-corrected chi connectivity index (χ2v) is 4.76. The summed E-state index contributed by atoms with van der Waals surface area (Å²) in [4.78, 5) is 0. The Labute approximate surface area is 105 Å². The van der Waals surface area contributed by atoms with Gasteiger partial charge >= 0.3 is 29.6 Å². The fourth-order valence-electron chi connectivity index (χ4n) is 1.65. The first-order chi connectivity index (χ1) is 5.92. The standard InChI is InChI=1S/C11H12Si.Na/c1-2-12-11-8-7-9-5-3-4-6-10(9)11;/h3-8,11H,2H2,1H3;/q;+1. The van der Waals surface area contributed by atoms with Crippen molar-refractivity contribution in [1.29, 1.82) is 0 Å². The van der Waals surface area contributed by atoms with Gasteiger partial charge in [-0.2, -0.15) is 0 Å². The van der Waals surface area contributed by atoms with Crippen molar-refractivity contribution >= 4 is 15.6 Å². The quantitative estimate of drug-likeness (QED) is 0.578. The van der Waals surface area contributed by atoms with Crippen LogP contribution >= 0.6 is 0 Å². The fraction of sp³-hybridized carbons (Fsp3) is 0.273. The van der Waals surface area contributed by atoms with Gasteiger partial charge in [-0.3, -0.25) is 0 Å². The number of fused-ring (bicyclic) bond motifs is 1. The maximum Gasteiger partial charge on any atom is 1.00 e. The summed E-state index contributed by atoms with van der Waals surface area (Å²) in [5, 5.41) is 0. The van der Waals surface area contributed by atoms with Crippen LogP contribution in [0.5, 0.6) is 0 Å². The first-order valence-electron chi connectivity index (χ1n) is 4.42. The minimum absolute atomic E-state index is 0. The fourth-order valence-corrected chi connectivity index (χ4v) is 2.80. The summed E-state index contributed by atoms with van der Waals surface area (Å²) in [6.07, 6.45) is 4.59. The van der Waals surface area contributed by atoms with Gasteiger partial charge in [-0.25, -0.2) is 0 Å². The third-order valence-electron chi connectivity index (χ3n) is 2.22. The summed E-state index contributed by atoms with van der Waals surface area (Å²) < 4.78 is 0. The Hall–Kier alpha value is 0.177. The van der Waals surface area contributed by atoms with Crippen LogP contribution in [0.3, 0.4) is 0 Å². The monoisotopic (exact) mass is 195 g/mol. The Morgan fingerprint density at radius 3 is 2.85 bits per heavy atom. The van der Waals surface area contributed by atoms with Gasteiger partial charge in [-0.05, 0) is 16.7 Å². The summed E-state index contributed by atoms with van der Waals surface area (Å²) in [5.41, 5.74) is 3.66. The zero-order chi connectivity index (χ0) is 8.39. The van der Waals surface area contributed by atoms with Crippen LogP contribution in [-0.2, 0) is 0 Å². The molecule has 2 rings (SSSR count). The molecule has 0 spiro atoms. The Morgan fingerprint density at radius 2 is 2.08 bits per heavy atom.